The highest BCUT2D eigenvalue weighted by Gasteiger charge is 2.45. The molecule has 0 bridgehead atoms. The van der Waals surface area contributed by atoms with E-state index in [1.54, 1.807) is 12.4 Å². The van der Waals surface area contributed by atoms with E-state index in [1.165, 1.54) is 6.07 Å². The summed E-state index contributed by atoms with van der Waals surface area (Å²) in [6, 6.07) is 1.52. The van der Waals surface area contributed by atoms with Crippen molar-refractivity contribution in [1.82, 2.24) is 24.6 Å². The summed E-state index contributed by atoms with van der Waals surface area (Å²) in [5, 5.41) is 2.89. The maximum Gasteiger partial charge on any atom is 0.258 e. The second-order valence-corrected chi connectivity index (χ2v) is 10.3. The molecule has 1 aliphatic carbocycles. The van der Waals surface area contributed by atoms with Crippen LogP contribution in [0.1, 0.15) is 67.0 Å². The topological polar surface area (TPSA) is 97.8 Å². The standard InChI is InChI=1S/C25H32ClFN6O2/c1-13(2)35-21-16(14(3)23-30-15(4)20-22(28)29-9-10-33(20)23)11-17(26)19(27)18(21)24(34)31-25(7-8-25)12-32(5)6/h9-11,13-14H,7-8,12H2,1-6H3,(H2,28,29)(H,31,34). The third-order valence-corrected chi connectivity index (χ3v) is 6.55. The van der Waals surface area contributed by atoms with Gasteiger partial charge in [-0.15, -0.1) is 0 Å². The Balaban J connectivity index is 1.85. The van der Waals surface area contributed by atoms with Crippen molar-refractivity contribution in [3.05, 3.63) is 51.9 Å². The Morgan fingerprint density at radius 2 is 2.06 bits per heavy atom. The molecule has 188 valence electrons. The Bertz CT molecular complexity index is 1280. The lowest BCUT2D eigenvalue weighted by Gasteiger charge is -2.25. The molecule has 2 aromatic heterocycles. The number of carbonyl (C=O) groups is 1. The number of carbonyl (C=O) groups excluding carboxylic acids is 1. The molecule has 35 heavy (non-hydrogen) atoms. The molecule has 1 atom stereocenters. The monoisotopic (exact) mass is 502 g/mol. The molecule has 0 aliphatic heterocycles. The number of nitrogens with one attached hydrogen (secondary N) is 1. The summed E-state index contributed by atoms with van der Waals surface area (Å²) in [4.78, 5) is 24.4. The van der Waals surface area contributed by atoms with Crippen LogP contribution in [0, 0.1) is 12.7 Å². The van der Waals surface area contributed by atoms with Crippen molar-refractivity contribution in [1.29, 1.82) is 0 Å². The second-order valence-electron chi connectivity index (χ2n) is 9.91. The largest absolute Gasteiger partial charge is 0.490 e. The molecule has 4 rings (SSSR count). The zero-order chi connectivity index (χ0) is 25.7. The summed E-state index contributed by atoms with van der Waals surface area (Å²) < 4.78 is 23.4. The van der Waals surface area contributed by atoms with E-state index in [2.05, 4.69) is 10.3 Å². The number of rotatable bonds is 8. The lowest BCUT2D eigenvalue weighted by atomic mass is 9.95. The van der Waals surface area contributed by atoms with Crippen LogP contribution in [-0.4, -0.2) is 57.5 Å². The van der Waals surface area contributed by atoms with Gasteiger partial charge in [-0.3, -0.25) is 9.20 Å². The molecule has 1 aliphatic rings. The normalized spacial score (nSPS) is 15.6. The number of amides is 1. The molecule has 1 fully saturated rings. The van der Waals surface area contributed by atoms with Crippen LogP contribution in [0.5, 0.6) is 5.75 Å². The third kappa shape index (κ3) is 4.79. The summed E-state index contributed by atoms with van der Waals surface area (Å²) in [5.74, 6) is -0.542. The maximum absolute atomic E-state index is 15.4. The first-order valence-electron chi connectivity index (χ1n) is 11.7. The number of likely N-dealkylation sites (N-methyl/N-ethyl adjacent to an activating group) is 1. The number of halogens is 2. The van der Waals surface area contributed by atoms with Gasteiger partial charge in [0.25, 0.3) is 5.91 Å². The first kappa shape index (κ1) is 25.2. The van der Waals surface area contributed by atoms with Crippen molar-refractivity contribution in [2.45, 2.75) is 58.1 Å². The van der Waals surface area contributed by atoms with Crippen LogP contribution in [0.2, 0.25) is 5.02 Å². The molecule has 1 aromatic carbocycles. The smallest absolute Gasteiger partial charge is 0.258 e. The van der Waals surface area contributed by atoms with Crippen molar-refractivity contribution in [2.75, 3.05) is 26.4 Å². The molecule has 0 radical (unpaired) electrons. The number of hydrogen-bond donors (Lipinski definition) is 2. The molecular weight excluding hydrogens is 471 g/mol. The first-order valence-corrected chi connectivity index (χ1v) is 12.1. The molecule has 0 spiro atoms. The second kappa shape index (κ2) is 9.28. The SMILES string of the molecule is Cc1nc(C(C)c2cc(Cl)c(F)c(C(=O)NC3(CN(C)C)CC3)c2OC(C)C)n2ccnc(N)c12. The molecular formula is C25H32ClFN6O2. The lowest BCUT2D eigenvalue weighted by Crippen LogP contribution is -2.44. The van der Waals surface area contributed by atoms with Crippen molar-refractivity contribution >= 4 is 28.8 Å². The van der Waals surface area contributed by atoms with E-state index in [1.807, 2.05) is 51.1 Å². The van der Waals surface area contributed by atoms with Crippen LogP contribution in [0.15, 0.2) is 18.5 Å². The van der Waals surface area contributed by atoms with Crippen molar-refractivity contribution in [3.63, 3.8) is 0 Å². The fraction of sp³-hybridized carbons (Fsp3) is 0.480. The Labute approximate surface area is 209 Å². The molecule has 2 heterocycles. The van der Waals surface area contributed by atoms with E-state index >= 15 is 4.39 Å². The Hall–Kier alpha value is -2.91. The number of hydrogen-bond acceptors (Lipinski definition) is 6. The minimum atomic E-state index is -0.797. The summed E-state index contributed by atoms with van der Waals surface area (Å²) in [6.07, 6.45) is 4.73. The van der Waals surface area contributed by atoms with Gasteiger partial charge in [-0.25, -0.2) is 14.4 Å². The predicted octanol–water partition coefficient (Wildman–Crippen LogP) is 4.18. The van der Waals surface area contributed by atoms with Crippen molar-refractivity contribution in [3.8, 4) is 5.75 Å². The molecule has 3 aromatic rings. The average molecular weight is 503 g/mol. The number of nitrogen functional groups attached to an aromatic ring is 1. The molecule has 10 heteroatoms. The average Bonchev–Trinajstić information content (AvgIpc) is 3.41. The van der Waals surface area contributed by atoms with Gasteiger partial charge < -0.3 is 20.7 Å². The third-order valence-electron chi connectivity index (χ3n) is 6.27. The number of fused-ring (bicyclic) bond motifs is 1. The number of nitrogens with two attached hydrogens (primary N) is 1. The van der Waals surface area contributed by atoms with E-state index < -0.39 is 17.6 Å². The van der Waals surface area contributed by atoms with E-state index in [-0.39, 0.29) is 28.0 Å². The van der Waals surface area contributed by atoms with Gasteiger partial charge in [0.2, 0.25) is 0 Å². The molecule has 1 saturated carbocycles. The Morgan fingerprint density at radius 1 is 1.37 bits per heavy atom. The van der Waals surface area contributed by atoms with E-state index in [0.717, 1.165) is 12.8 Å². The molecule has 1 amide bonds. The fourth-order valence-electron chi connectivity index (χ4n) is 4.61. The van der Waals surface area contributed by atoms with Crippen LogP contribution in [0.25, 0.3) is 5.52 Å². The van der Waals surface area contributed by atoms with Crippen LogP contribution < -0.4 is 15.8 Å². The van der Waals surface area contributed by atoms with Crippen LogP contribution >= 0.6 is 11.6 Å². The zero-order valence-corrected chi connectivity index (χ0v) is 21.7. The number of imidazole rings is 1. The molecule has 1 unspecified atom stereocenters. The van der Waals surface area contributed by atoms with E-state index in [0.29, 0.717) is 35.0 Å². The van der Waals surface area contributed by atoms with Crippen LogP contribution in [-0.2, 0) is 0 Å². The van der Waals surface area contributed by atoms with E-state index in [9.17, 15) is 4.79 Å². The van der Waals surface area contributed by atoms with Gasteiger partial charge in [-0.05, 0) is 53.8 Å². The summed E-state index contributed by atoms with van der Waals surface area (Å²) >= 11 is 6.35. The number of benzene rings is 1. The van der Waals surface area contributed by atoms with Gasteiger partial charge in [0.1, 0.15) is 28.5 Å². The minimum Gasteiger partial charge on any atom is -0.490 e. The molecule has 8 nitrogen and oxygen atoms in total. The number of aryl methyl sites for hydroxylation is 1. The zero-order valence-electron chi connectivity index (χ0n) is 20.9. The van der Waals surface area contributed by atoms with Crippen molar-refractivity contribution in [2.24, 2.45) is 0 Å². The Morgan fingerprint density at radius 3 is 2.66 bits per heavy atom. The first-order chi connectivity index (χ1) is 16.4. The highest BCUT2D eigenvalue weighted by Crippen LogP contribution is 2.41. The van der Waals surface area contributed by atoms with Crippen LogP contribution in [0.4, 0.5) is 10.2 Å². The summed E-state index contributed by atoms with van der Waals surface area (Å²) in [7, 11) is 3.89. The number of anilines is 1. The van der Waals surface area contributed by atoms with Gasteiger partial charge in [0.15, 0.2) is 5.82 Å². The Kier molecular flexibility index (Phi) is 6.68. The van der Waals surface area contributed by atoms with Gasteiger partial charge in [0, 0.05) is 30.4 Å². The predicted molar refractivity (Wildman–Crippen MR) is 135 cm³/mol. The summed E-state index contributed by atoms with van der Waals surface area (Å²) in [6.45, 7) is 8.10. The van der Waals surface area contributed by atoms with Gasteiger partial charge in [0.05, 0.1) is 22.4 Å². The van der Waals surface area contributed by atoms with Crippen LogP contribution in [0.3, 0.4) is 0 Å². The summed E-state index contributed by atoms with van der Waals surface area (Å²) in [5.41, 5.74) is 7.51. The fourth-order valence-corrected chi connectivity index (χ4v) is 4.82. The number of ether oxygens (including phenoxy) is 1. The highest BCUT2D eigenvalue weighted by molar-refractivity contribution is 6.31. The number of aromatic nitrogens is 3. The maximum atomic E-state index is 15.4. The highest BCUT2D eigenvalue weighted by atomic mass is 35.5. The molecule has 3 N–H and O–H groups in total. The van der Waals surface area contributed by atoms with Gasteiger partial charge >= 0.3 is 0 Å². The lowest BCUT2D eigenvalue weighted by molar-refractivity contribution is 0.0912. The van der Waals surface area contributed by atoms with Crippen molar-refractivity contribution < 1.29 is 13.9 Å². The van der Waals surface area contributed by atoms with Gasteiger partial charge in [-0.2, -0.15) is 0 Å². The molecule has 0 saturated heterocycles. The minimum absolute atomic E-state index is 0.149. The quantitative estimate of drug-likeness (QED) is 0.479. The number of nitrogens with zero attached hydrogens (tertiary/aromatic N) is 4. The van der Waals surface area contributed by atoms with E-state index in [4.69, 9.17) is 27.1 Å². The van der Waals surface area contributed by atoms with Gasteiger partial charge in [-0.1, -0.05) is 18.5 Å².